The second-order valence-electron chi connectivity index (χ2n) is 11.1. The molecule has 3 rings (SSSR count). The maximum absolute atomic E-state index is 12.6. The summed E-state index contributed by atoms with van der Waals surface area (Å²) in [5, 5.41) is 0. The number of benzene rings is 2. The number of amides is 1. The summed E-state index contributed by atoms with van der Waals surface area (Å²) in [5.74, 6) is 0.996. The molecule has 0 aliphatic heterocycles. The maximum Gasteiger partial charge on any atom is 0.225 e. The van der Waals surface area contributed by atoms with E-state index in [2.05, 4.69) is 60.5 Å². The number of rotatable bonds is 20. The Hall–Kier alpha value is -2.18. The quantitative estimate of drug-likeness (QED) is 0.111. The van der Waals surface area contributed by atoms with Crippen molar-refractivity contribution in [2.75, 3.05) is 18.1 Å². The Labute approximate surface area is 263 Å². The molecule has 41 heavy (non-hydrogen) atoms. The molecular weight excluding hydrogens is 592 g/mol. The Bertz CT molecular complexity index is 1130. The molecule has 226 valence electrons. The number of aromatic nitrogens is 1. The van der Waals surface area contributed by atoms with Gasteiger partial charge in [0.05, 0.1) is 11.5 Å². The van der Waals surface area contributed by atoms with Crippen LogP contribution in [0.25, 0.3) is 0 Å². The van der Waals surface area contributed by atoms with E-state index in [9.17, 15) is 4.79 Å². The lowest BCUT2D eigenvalue weighted by Gasteiger charge is -2.22. The third-order valence-electron chi connectivity index (χ3n) is 7.48. The zero-order valence-corrected chi connectivity index (χ0v) is 28.0. The van der Waals surface area contributed by atoms with Crippen LogP contribution in [0.15, 0.2) is 60.2 Å². The fourth-order valence-electron chi connectivity index (χ4n) is 5.19. The molecule has 4 nitrogen and oxygen atoms in total. The molecule has 1 heterocycles. The molecule has 0 fully saturated rings. The highest BCUT2D eigenvalue weighted by Crippen LogP contribution is 2.20. The zero-order chi connectivity index (χ0) is 28.4. The predicted molar refractivity (Wildman–Crippen MR) is 170 cm³/mol. The molecule has 1 amide bonds. The van der Waals surface area contributed by atoms with Crippen molar-refractivity contribution in [1.82, 2.24) is 0 Å². The average Bonchev–Trinajstić information content (AvgIpc) is 3.36. The van der Waals surface area contributed by atoms with Gasteiger partial charge >= 0.3 is 0 Å². The number of hydrogen-bond donors (Lipinski definition) is 0. The van der Waals surface area contributed by atoms with Crippen LogP contribution in [0.4, 0.5) is 5.69 Å². The number of hydrogen-bond acceptors (Lipinski definition) is 3. The van der Waals surface area contributed by atoms with Gasteiger partial charge in [-0.3, -0.25) is 4.79 Å². The van der Waals surface area contributed by atoms with Crippen molar-refractivity contribution in [3.8, 4) is 5.75 Å². The predicted octanol–water partition coefficient (Wildman–Crippen LogP) is 6.07. The highest BCUT2D eigenvalue weighted by Gasteiger charge is 2.14. The molecular formula is C35H51BrN2O2S. The lowest BCUT2D eigenvalue weighted by atomic mass is 10.1. The average molecular weight is 644 g/mol. The van der Waals surface area contributed by atoms with Crippen molar-refractivity contribution in [2.45, 2.75) is 111 Å². The van der Waals surface area contributed by atoms with Crippen molar-refractivity contribution < 1.29 is 31.1 Å². The number of ether oxygens (including phenoxy) is 1. The molecule has 3 aromatic rings. The Balaban J connectivity index is 0.00000588. The third kappa shape index (κ3) is 14.0. The van der Waals surface area contributed by atoms with Crippen LogP contribution < -0.4 is 31.2 Å². The van der Waals surface area contributed by atoms with E-state index in [0.717, 1.165) is 37.4 Å². The molecule has 0 radical (unpaired) electrons. The molecule has 0 N–H and O–H groups in total. The van der Waals surface area contributed by atoms with Crippen molar-refractivity contribution in [3.63, 3.8) is 0 Å². The molecule has 0 aliphatic rings. The second kappa shape index (κ2) is 20.7. The summed E-state index contributed by atoms with van der Waals surface area (Å²) < 4.78 is 8.26. The topological polar surface area (TPSA) is 33.4 Å². The molecule has 6 heteroatoms. The summed E-state index contributed by atoms with van der Waals surface area (Å²) in [5.41, 5.74) is 5.48. The van der Waals surface area contributed by atoms with Crippen LogP contribution in [0.1, 0.15) is 107 Å². The number of carbonyl (C=O) groups excluding carboxylic acids is 1. The van der Waals surface area contributed by atoms with E-state index in [1.165, 1.54) is 86.6 Å². The first-order valence-electron chi connectivity index (χ1n) is 15.6. The van der Waals surface area contributed by atoms with E-state index in [1.807, 2.05) is 23.1 Å². The third-order valence-corrected chi connectivity index (χ3v) is 8.33. The minimum atomic E-state index is 0. The van der Waals surface area contributed by atoms with Crippen molar-refractivity contribution in [1.29, 1.82) is 0 Å². The van der Waals surface area contributed by atoms with E-state index < -0.39 is 0 Å². The van der Waals surface area contributed by atoms with Gasteiger partial charge in [0.2, 0.25) is 11.4 Å². The summed E-state index contributed by atoms with van der Waals surface area (Å²) in [6.45, 7) is 8.28. The molecule has 2 aromatic carbocycles. The molecule has 0 atom stereocenters. The molecule has 0 spiro atoms. The smallest absolute Gasteiger partial charge is 0.225 e. The van der Waals surface area contributed by atoms with Crippen LogP contribution in [0.3, 0.4) is 0 Å². The number of thiazole rings is 1. The maximum atomic E-state index is 12.6. The van der Waals surface area contributed by atoms with Crippen LogP contribution in [0, 0.1) is 6.92 Å². The SMILES string of the molecule is CCCCCCCCCCCCCCOc1cccc(CCN(C(C)=O)c2cccc(C[n+]3csc(C)c3)c2)c1.[Br-]. The number of aryl methyl sites for hydroxylation is 1. The molecule has 0 saturated carbocycles. The van der Waals surface area contributed by atoms with Gasteiger partial charge in [0, 0.05) is 24.7 Å². The number of carbonyl (C=O) groups is 1. The Morgan fingerprint density at radius 1 is 0.854 bits per heavy atom. The standard InChI is InChI=1S/C35H51N2O2S.BrH/c1-4-5-6-7-8-9-10-11-12-13-14-15-24-39-35-21-17-18-32(26-35)22-23-37(31(3)38)34-20-16-19-33(25-34)28-36-27-30(2)40-29-36;/h16-21,25-27,29H,4-15,22-24,28H2,1-3H3;1H/q+1;/p-1. The largest absolute Gasteiger partial charge is 1.00 e. The number of nitrogens with zero attached hydrogens (tertiary/aromatic N) is 2. The van der Waals surface area contributed by atoms with Crippen LogP contribution in [-0.2, 0) is 17.8 Å². The van der Waals surface area contributed by atoms with E-state index >= 15 is 0 Å². The zero-order valence-electron chi connectivity index (χ0n) is 25.6. The summed E-state index contributed by atoms with van der Waals surface area (Å²) in [4.78, 5) is 15.7. The summed E-state index contributed by atoms with van der Waals surface area (Å²) >= 11 is 1.75. The van der Waals surface area contributed by atoms with Gasteiger partial charge in [-0.05, 0) is 49.6 Å². The van der Waals surface area contributed by atoms with Gasteiger partial charge < -0.3 is 26.6 Å². The Morgan fingerprint density at radius 2 is 1.49 bits per heavy atom. The minimum absolute atomic E-state index is 0. The fraction of sp³-hybridized carbons (Fsp3) is 0.543. The van der Waals surface area contributed by atoms with Gasteiger partial charge in [0.25, 0.3) is 0 Å². The van der Waals surface area contributed by atoms with E-state index in [0.29, 0.717) is 6.54 Å². The second-order valence-corrected chi connectivity index (χ2v) is 12.2. The number of unbranched alkanes of at least 4 members (excludes halogenated alkanes) is 11. The summed E-state index contributed by atoms with van der Waals surface area (Å²) in [6.07, 6.45) is 19.1. The number of halogens is 1. The minimum Gasteiger partial charge on any atom is -1.00 e. The monoisotopic (exact) mass is 642 g/mol. The molecule has 0 saturated heterocycles. The molecule has 1 aromatic heterocycles. The van der Waals surface area contributed by atoms with Crippen molar-refractivity contribution >= 4 is 22.9 Å². The van der Waals surface area contributed by atoms with Gasteiger partial charge in [0.15, 0.2) is 12.7 Å². The first-order chi connectivity index (χ1) is 19.5. The van der Waals surface area contributed by atoms with Gasteiger partial charge in [-0.1, -0.05) is 113 Å². The highest BCUT2D eigenvalue weighted by atomic mass is 79.9. The molecule has 0 aliphatic carbocycles. The van der Waals surface area contributed by atoms with Gasteiger partial charge in [-0.25, -0.2) is 0 Å². The van der Waals surface area contributed by atoms with Crippen LogP contribution in [-0.4, -0.2) is 19.1 Å². The first-order valence-corrected chi connectivity index (χ1v) is 16.5. The lowest BCUT2D eigenvalue weighted by Crippen LogP contribution is -3.00. The lowest BCUT2D eigenvalue weighted by molar-refractivity contribution is -0.683. The molecule has 0 bridgehead atoms. The Morgan fingerprint density at radius 3 is 2.12 bits per heavy atom. The van der Waals surface area contributed by atoms with Crippen LogP contribution >= 0.6 is 11.3 Å². The normalized spacial score (nSPS) is 10.8. The Kier molecular flexibility index (Phi) is 17.6. The van der Waals surface area contributed by atoms with Crippen LogP contribution in [0.2, 0.25) is 0 Å². The summed E-state index contributed by atoms with van der Waals surface area (Å²) in [7, 11) is 0. The van der Waals surface area contributed by atoms with Gasteiger partial charge in [0.1, 0.15) is 5.75 Å². The van der Waals surface area contributed by atoms with Gasteiger partial charge in [-0.15, -0.1) is 0 Å². The van der Waals surface area contributed by atoms with E-state index in [-0.39, 0.29) is 22.9 Å². The fourth-order valence-corrected chi connectivity index (χ4v) is 5.83. The summed E-state index contributed by atoms with van der Waals surface area (Å²) in [6, 6.07) is 16.7. The van der Waals surface area contributed by atoms with E-state index in [4.69, 9.17) is 4.74 Å². The first kappa shape index (κ1) is 35.0. The van der Waals surface area contributed by atoms with Crippen molar-refractivity contribution in [3.05, 3.63) is 76.2 Å². The van der Waals surface area contributed by atoms with Crippen molar-refractivity contribution in [2.24, 2.45) is 0 Å². The molecule has 0 unspecified atom stereocenters. The highest BCUT2D eigenvalue weighted by molar-refractivity contribution is 7.09. The van der Waals surface area contributed by atoms with E-state index in [1.54, 1.807) is 18.3 Å². The van der Waals surface area contributed by atoms with Crippen LogP contribution in [0.5, 0.6) is 5.75 Å². The van der Waals surface area contributed by atoms with Gasteiger partial charge in [-0.2, -0.15) is 4.57 Å². The number of anilines is 1.